The molecule has 0 aliphatic carbocycles. The van der Waals surface area contributed by atoms with E-state index < -0.39 is 5.91 Å². The molecular formula is C14H14ClN3O2S. The lowest BCUT2D eigenvalue weighted by molar-refractivity contribution is -0.118. The minimum Gasteiger partial charge on any atom is -0.368 e. The van der Waals surface area contributed by atoms with Gasteiger partial charge in [0, 0.05) is 23.6 Å². The van der Waals surface area contributed by atoms with Crippen molar-refractivity contribution in [3.8, 4) is 10.6 Å². The second-order valence-corrected chi connectivity index (χ2v) is 5.61. The Labute approximate surface area is 131 Å². The van der Waals surface area contributed by atoms with E-state index in [1.807, 2.05) is 17.5 Å². The van der Waals surface area contributed by atoms with Crippen molar-refractivity contribution in [2.45, 2.75) is 5.88 Å². The van der Waals surface area contributed by atoms with Gasteiger partial charge in [-0.15, -0.1) is 22.9 Å². The maximum absolute atomic E-state index is 12.1. The van der Waals surface area contributed by atoms with E-state index in [-0.39, 0.29) is 12.5 Å². The molecule has 0 saturated carbocycles. The molecule has 2 rings (SSSR count). The van der Waals surface area contributed by atoms with Crippen LogP contribution in [0.5, 0.6) is 0 Å². The molecule has 7 heteroatoms. The number of benzene rings is 1. The predicted molar refractivity (Wildman–Crippen MR) is 83.3 cm³/mol. The van der Waals surface area contributed by atoms with Gasteiger partial charge in [0.15, 0.2) is 0 Å². The molecular weight excluding hydrogens is 310 g/mol. The number of halogens is 1. The van der Waals surface area contributed by atoms with Gasteiger partial charge in [0.25, 0.3) is 5.91 Å². The SMILES string of the molecule is CN(CC(N)=O)C(=O)c1ccc(-c2nc(CCl)cs2)cc1. The third kappa shape index (κ3) is 3.80. The Hall–Kier alpha value is -1.92. The van der Waals surface area contributed by atoms with Crippen LogP contribution in [0.4, 0.5) is 0 Å². The van der Waals surface area contributed by atoms with Crippen molar-refractivity contribution in [1.82, 2.24) is 9.88 Å². The molecule has 1 heterocycles. The van der Waals surface area contributed by atoms with E-state index in [2.05, 4.69) is 4.98 Å². The van der Waals surface area contributed by atoms with Crippen molar-refractivity contribution in [2.24, 2.45) is 5.73 Å². The molecule has 0 unspecified atom stereocenters. The quantitative estimate of drug-likeness (QED) is 0.856. The Balaban J connectivity index is 2.15. The van der Waals surface area contributed by atoms with E-state index in [0.29, 0.717) is 11.4 Å². The molecule has 2 amide bonds. The summed E-state index contributed by atoms with van der Waals surface area (Å²) in [5.41, 5.74) is 7.32. The lowest BCUT2D eigenvalue weighted by Gasteiger charge is -2.15. The van der Waals surface area contributed by atoms with Gasteiger partial charge in [-0.05, 0) is 12.1 Å². The second-order valence-electron chi connectivity index (χ2n) is 4.48. The van der Waals surface area contributed by atoms with Crippen molar-refractivity contribution in [3.05, 3.63) is 40.9 Å². The maximum Gasteiger partial charge on any atom is 0.254 e. The zero-order chi connectivity index (χ0) is 15.4. The minimum atomic E-state index is -0.543. The van der Waals surface area contributed by atoms with Crippen molar-refractivity contribution < 1.29 is 9.59 Å². The van der Waals surface area contributed by atoms with E-state index in [4.69, 9.17) is 17.3 Å². The Kier molecular flexibility index (Phi) is 4.93. The van der Waals surface area contributed by atoms with Crippen LogP contribution in [0.2, 0.25) is 0 Å². The van der Waals surface area contributed by atoms with Crippen LogP contribution in [0.15, 0.2) is 29.6 Å². The first-order valence-corrected chi connectivity index (χ1v) is 7.57. The van der Waals surface area contributed by atoms with Crippen LogP contribution >= 0.6 is 22.9 Å². The normalized spacial score (nSPS) is 10.4. The lowest BCUT2D eigenvalue weighted by Crippen LogP contribution is -2.35. The van der Waals surface area contributed by atoms with Crippen LogP contribution in [0.3, 0.4) is 0 Å². The highest BCUT2D eigenvalue weighted by atomic mass is 35.5. The Morgan fingerprint density at radius 3 is 2.52 bits per heavy atom. The van der Waals surface area contributed by atoms with Gasteiger partial charge in [-0.2, -0.15) is 0 Å². The number of nitrogens with zero attached hydrogens (tertiary/aromatic N) is 2. The van der Waals surface area contributed by atoms with E-state index in [9.17, 15) is 9.59 Å². The molecule has 0 fully saturated rings. The Bertz CT molecular complexity index is 654. The van der Waals surface area contributed by atoms with Crippen molar-refractivity contribution in [3.63, 3.8) is 0 Å². The Morgan fingerprint density at radius 2 is 2.00 bits per heavy atom. The van der Waals surface area contributed by atoms with Gasteiger partial charge in [-0.3, -0.25) is 9.59 Å². The fourth-order valence-electron chi connectivity index (χ4n) is 1.78. The summed E-state index contributed by atoms with van der Waals surface area (Å²) >= 11 is 7.23. The summed E-state index contributed by atoms with van der Waals surface area (Å²) in [7, 11) is 1.54. The number of hydrogen-bond donors (Lipinski definition) is 1. The fraction of sp³-hybridized carbons (Fsp3) is 0.214. The van der Waals surface area contributed by atoms with Crippen LogP contribution in [0, 0.1) is 0 Å². The number of likely N-dealkylation sites (N-methyl/N-ethyl adjacent to an activating group) is 1. The van der Waals surface area contributed by atoms with Gasteiger partial charge in [0.05, 0.1) is 18.1 Å². The average molecular weight is 324 g/mol. The van der Waals surface area contributed by atoms with Gasteiger partial charge in [0.2, 0.25) is 5.91 Å². The van der Waals surface area contributed by atoms with Gasteiger partial charge in [0.1, 0.15) is 5.01 Å². The van der Waals surface area contributed by atoms with Gasteiger partial charge in [-0.25, -0.2) is 4.98 Å². The highest BCUT2D eigenvalue weighted by molar-refractivity contribution is 7.13. The molecule has 0 spiro atoms. The largest absolute Gasteiger partial charge is 0.368 e. The summed E-state index contributed by atoms with van der Waals surface area (Å²) in [5.74, 6) is -0.412. The molecule has 0 atom stereocenters. The number of thiazole rings is 1. The summed E-state index contributed by atoms with van der Waals surface area (Å²) in [6.07, 6.45) is 0. The molecule has 0 bridgehead atoms. The first kappa shape index (κ1) is 15.5. The number of aromatic nitrogens is 1. The third-order valence-corrected chi connectivity index (χ3v) is 4.02. The summed E-state index contributed by atoms with van der Waals surface area (Å²) in [6.45, 7) is -0.105. The summed E-state index contributed by atoms with van der Waals surface area (Å²) < 4.78 is 0. The first-order chi connectivity index (χ1) is 10.0. The predicted octanol–water partition coefficient (Wildman–Crippen LogP) is 2.11. The van der Waals surface area contributed by atoms with Crippen molar-refractivity contribution in [1.29, 1.82) is 0 Å². The molecule has 0 saturated heterocycles. The summed E-state index contributed by atoms with van der Waals surface area (Å²) in [6, 6.07) is 7.05. The number of primary amides is 1. The van der Waals surface area contributed by atoms with Crippen molar-refractivity contribution in [2.75, 3.05) is 13.6 Å². The third-order valence-electron chi connectivity index (χ3n) is 2.81. The van der Waals surface area contributed by atoms with Crippen LogP contribution in [0.25, 0.3) is 10.6 Å². The fourth-order valence-corrected chi connectivity index (χ4v) is 2.84. The first-order valence-electron chi connectivity index (χ1n) is 6.16. The highest BCUT2D eigenvalue weighted by Crippen LogP contribution is 2.24. The van der Waals surface area contributed by atoms with E-state index in [1.165, 1.54) is 23.3 Å². The van der Waals surface area contributed by atoms with E-state index in [0.717, 1.165) is 16.3 Å². The second kappa shape index (κ2) is 6.69. The van der Waals surface area contributed by atoms with E-state index in [1.54, 1.807) is 12.1 Å². The van der Waals surface area contributed by atoms with Gasteiger partial charge in [-0.1, -0.05) is 12.1 Å². The van der Waals surface area contributed by atoms with Gasteiger partial charge < -0.3 is 10.6 Å². The minimum absolute atomic E-state index is 0.105. The lowest BCUT2D eigenvalue weighted by atomic mass is 10.1. The van der Waals surface area contributed by atoms with Crippen LogP contribution in [-0.4, -0.2) is 35.3 Å². The van der Waals surface area contributed by atoms with Crippen LogP contribution in [0.1, 0.15) is 16.1 Å². The number of nitrogens with two attached hydrogens (primary N) is 1. The molecule has 0 radical (unpaired) electrons. The summed E-state index contributed by atoms with van der Waals surface area (Å²) in [5, 5.41) is 2.76. The number of amides is 2. The van der Waals surface area contributed by atoms with Crippen LogP contribution < -0.4 is 5.73 Å². The molecule has 1 aromatic carbocycles. The average Bonchev–Trinajstić information content (AvgIpc) is 2.95. The number of rotatable bonds is 5. The molecule has 5 nitrogen and oxygen atoms in total. The molecule has 110 valence electrons. The summed E-state index contributed by atoms with van der Waals surface area (Å²) in [4.78, 5) is 28.6. The molecule has 2 aromatic rings. The zero-order valence-electron chi connectivity index (χ0n) is 11.4. The smallest absolute Gasteiger partial charge is 0.254 e. The number of alkyl halides is 1. The van der Waals surface area contributed by atoms with Gasteiger partial charge >= 0.3 is 0 Å². The van der Waals surface area contributed by atoms with Crippen molar-refractivity contribution >= 4 is 34.8 Å². The monoisotopic (exact) mass is 323 g/mol. The molecule has 0 aliphatic rings. The van der Waals surface area contributed by atoms with Crippen LogP contribution in [-0.2, 0) is 10.7 Å². The Morgan fingerprint density at radius 1 is 1.33 bits per heavy atom. The highest BCUT2D eigenvalue weighted by Gasteiger charge is 2.13. The number of hydrogen-bond acceptors (Lipinski definition) is 4. The zero-order valence-corrected chi connectivity index (χ0v) is 12.9. The molecule has 21 heavy (non-hydrogen) atoms. The standard InChI is InChI=1S/C14H14ClN3O2S/c1-18(7-12(16)19)14(20)10-4-2-9(3-5-10)13-17-11(6-15)8-21-13/h2-5,8H,6-7H2,1H3,(H2,16,19). The number of carbonyl (C=O) groups is 2. The molecule has 2 N–H and O–H groups in total. The maximum atomic E-state index is 12.1. The van der Waals surface area contributed by atoms with E-state index >= 15 is 0 Å². The molecule has 1 aromatic heterocycles. The number of carbonyl (C=O) groups excluding carboxylic acids is 2. The molecule has 0 aliphatic heterocycles. The topological polar surface area (TPSA) is 76.3 Å².